The quantitative estimate of drug-likeness (QED) is 0.698. The molecule has 29 heavy (non-hydrogen) atoms. The number of aromatic nitrogens is 2. The molecule has 2 aromatic carbocycles. The molecule has 1 saturated heterocycles. The van der Waals surface area contributed by atoms with Crippen molar-refractivity contribution in [3.8, 4) is 11.4 Å². The number of carbonyl (C=O) groups is 1. The van der Waals surface area contributed by atoms with Crippen molar-refractivity contribution in [3.63, 3.8) is 0 Å². The summed E-state index contributed by atoms with van der Waals surface area (Å²) in [5.74, 6) is -0.305. The average molecular weight is 398 g/mol. The first-order chi connectivity index (χ1) is 14.1. The Kier molecular flexibility index (Phi) is 5.62. The van der Waals surface area contributed by atoms with Crippen LogP contribution in [0.15, 0.2) is 53.1 Å². The highest BCUT2D eigenvalue weighted by molar-refractivity contribution is 5.92. The van der Waals surface area contributed by atoms with Crippen LogP contribution in [0, 0.1) is 11.6 Å². The number of carbonyl (C=O) groups excluding carboxylic acids is 1. The van der Waals surface area contributed by atoms with Crippen LogP contribution in [0.1, 0.15) is 31.2 Å². The molecule has 1 aromatic heterocycles. The predicted octanol–water partition coefficient (Wildman–Crippen LogP) is 4.18. The zero-order valence-corrected chi connectivity index (χ0v) is 15.6. The molecule has 0 bridgehead atoms. The lowest BCUT2D eigenvalue weighted by molar-refractivity contribution is -0.118. The van der Waals surface area contributed by atoms with Crippen LogP contribution in [0.2, 0.25) is 0 Å². The molecule has 0 saturated carbocycles. The van der Waals surface area contributed by atoms with E-state index in [9.17, 15) is 13.6 Å². The van der Waals surface area contributed by atoms with Gasteiger partial charge in [0.25, 0.3) is 0 Å². The predicted molar refractivity (Wildman–Crippen MR) is 103 cm³/mol. The minimum atomic E-state index is -0.408. The molecule has 0 radical (unpaired) electrons. The van der Waals surface area contributed by atoms with Crippen molar-refractivity contribution in [1.82, 2.24) is 15.0 Å². The summed E-state index contributed by atoms with van der Waals surface area (Å²) in [5.41, 5.74) is 0.945. The van der Waals surface area contributed by atoms with Gasteiger partial charge in [-0.3, -0.25) is 9.69 Å². The highest BCUT2D eigenvalue weighted by atomic mass is 19.1. The van der Waals surface area contributed by atoms with Gasteiger partial charge in [0.2, 0.25) is 17.6 Å². The highest BCUT2D eigenvalue weighted by Crippen LogP contribution is 2.31. The summed E-state index contributed by atoms with van der Waals surface area (Å²) in [6, 6.07) is 11.6. The number of piperidine rings is 1. The summed E-state index contributed by atoms with van der Waals surface area (Å²) in [6.07, 6.45) is 2.71. The Hall–Kier alpha value is -3.13. The summed E-state index contributed by atoms with van der Waals surface area (Å²) in [6.45, 7) is 0.831. The van der Waals surface area contributed by atoms with Crippen LogP contribution in [0.4, 0.5) is 14.5 Å². The number of hydrogen-bond donors (Lipinski definition) is 1. The van der Waals surface area contributed by atoms with E-state index in [0.29, 0.717) is 29.5 Å². The molecule has 1 atom stereocenters. The van der Waals surface area contributed by atoms with Crippen LogP contribution in [-0.4, -0.2) is 34.0 Å². The Morgan fingerprint density at radius 2 is 1.93 bits per heavy atom. The van der Waals surface area contributed by atoms with Gasteiger partial charge in [-0.15, -0.1) is 0 Å². The van der Waals surface area contributed by atoms with Gasteiger partial charge in [0, 0.05) is 11.3 Å². The monoisotopic (exact) mass is 398 g/mol. The number of amides is 1. The first-order valence-corrected chi connectivity index (χ1v) is 9.47. The normalized spacial score (nSPS) is 17.2. The molecule has 8 heteroatoms. The largest absolute Gasteiger partial charge is 0.337 e. The molecule has 6 nitrogen and oxygen atoms in total. The molecule has 1 N–H and O–H groups in total. The molecule has 4 rings (SSSR count). The molecule has 2 heterocycles. The van der Waals surface area contributed by atoms with Crippen LogP contribution < -0.4 is 5.32 Å². The van der Waals surface area contributed by atoms with Gasteiger partial charge in [-0.25, -0.2) is 8.78 Å². The lowest BCUT2D eigenvalue weighted by Gasteiger charge is -2.32. The van der Waals surface area contributed by atoms with Crippen LogP contribution in [-0.2, 0) is 4.79 Å². The van der Waals surface area contributed by atoms with Gasteiger partial charge in [0.15, 0.2) is 0 Å². The molecule has 1 fully saturated rings. The fourth-order valence-corrected chi connectivity index (χ4v) is 3.53. The molecular weight excluding hydrogens is 378 g/mol. The Balaban J connectivity index is 1.47. The molecule has 1 amide bonds. The zero-order valence-electron chi connectivity index (χ0n) is 15.6. The van der Waals surface area contributed by atoms with Crippen molar-refractivity contribution in [3.05, 3.63) is 66.1 Å². The van der Waals surface area contributed by atoms with Gasteiger partial charge in [-0.05, 0) is 49.7 Å². The maximum atomic E-state index is 13.5. The first kappa shape index (κ1) is 19.2. The topological polar surface area (TPSA) is 71.3 Å². The van der Waals surface area contributed by atoms with Crippen molar-refractivity contribution < 1.29 is 18.1 Å². The molecule has 150 valence electrons. The van der Waals surface area contributed by atoms with Crippen molar-refractivity contribution in [2.75, 3.05) is 18.4 Å². The lowest BCUT2D eigenvalue weighted by Crippen LogP contribution is -2.39. The van der Waals surface area contributed by atoms with Crippen LogP contribution >= 0.6 is 0 Å². The number of halogens is 2. The van der Waals surface area contributed by atoms with Crippen molar-refractivity contribution in [1.29, 1.82) is 0 Å². The number of hydrogen-bond acceptors (Lipinski definition) is 5. The Morgan fingerprint density at radius 1 is 1.14 bits per heavy atom. The summed E-state index contributed by atoms with van der Waals surface area (Å²) in [7, 11) is 0. The summed E-state index contributed by atoms with van der Waals surface area (Å²) in [4.78, 5) is 18.9. The van der Waals surface area contributed by atoms with E-state index >= 15 is 0 Å². The molecule has 0 unspecified atom stereocenters. The third-order valence-corrected chi connectivity index (χ3v) is 4.88. The molecule has 3 aromatic rings. The Bertz CT molecular complexity index is 1010. The lowest BCUT2D eigenvalue weighted by atomic mass is 10.0. The van der Waals surface area contributed by atoms with Crippen LogP contribution in [0.25, 0.3) is 11.4 Å². The van der Waals surface area contributed by atoms with E-state index in [4.69, 9.17) is 4.52 Å². The van der Waals surface area contributed by atoms with Crippen molar-refractivity contribution in [2.24, 2.45) is 0 Å². The molecule has 1 aliphatic rings. The molecule has 0 spiro atoms. The third-order valence-electron chi connectivity index (χ3n) is 4.88. The number of likely N-dealkylation sites (tertiary alicyclic amines) is 1. The maximum Gasteiger partial charge on any atom is 0.244 e. The molecule has 0 aliphatic carbocycles. The van der Waals surface area contributed by atoms with Gasteiger partial charge in [0.05, 0.1) is 12.6 Å². The molecule has 1 aliphatic heterocycles. The SMILES string of the molecule is O=C(CN1CCCC[C@H]1c1nc(-c2cccc(F)c2)no1)Nc1cccc(F)c1. The van der Waals surface area contributed by atoms with E-state index in [1.54, 1.807) is 24.3 Å². The van der Waals surface area contributed by atoms with Gasteiger partial charge in [-0.1, -0.05) is 29.8 Å². The second-order valence-electron chi connectivity index (χ2n) is 7.01. The van der Waals surface area contributed by atoms with Gasteiger partial charge >= 0.3 is 0 Å². The summed E-state index contributed by atoms with van der Waals surface area (Å²) < 4.78 is 32.2. The zero-order chi connectivity index (χ0) is 20.2. The maximum absolute atomic E-state index is 13.5. The van der Waals surface area contributed by atoms with E-state index < -0.39 is 5.82 Å². The first-order valence-electron chi connectivity index (χ1n) is 9.47. The number of nitrogens with zero attached hydrogens (tertiary/aromatic N) is 3. The Morgan fingerprint density at radius 3 is 2.72 bits per heavy atom. The van der Waals surface area contributed by atoms with E-state index in [1.807, 2.05) is 4.90 Å². The van der Waals surface area contributed by atoms with Gasteiger partial charge in [0.1, 0.15) is 11.6 Å². The minimum absolute atomic E-state index is 0.124. The van der Waals surface area contributed by atoms with E-state index in [-0.39, 0.29) is 24.3 Å². The van der Waals surface area contributed by atoms with Gasteiger partial charge in [-0.2, -0.15) is 4.98 Å². The highest BCUT2D eigenvalue weighted by Gasteiger charge is 2.30. The van der Waals surface area contributed by atoms with Crippen LogP contribution in [0.5, 0.6) is 0 Å². The third kappa shape index (κ3) is 4.65. The van der Waals surface area contributed by atoms with Crippen molar-refractivity contribution in [2.45, 2.75) is 25.3 Å². The smallest absolute Gasteiger partial charge is 0.244 e. The minimum Gasteiger partial charge on any atom is -0.337 e. The number of nitrogens with one attached hydrogen (secondary N) is 1. The Labute approximate surface area is 166 Å². The fourth-order valence-electron chi connectivity index (χ4n) is 3.53. The second-order valence-corrected chi connectivity index (χ2v) is 7.01. The number of anilines is 1. The number of benzene rings is 2. The van der Waals surface area contributed by atoms with E-state index in [1.165, 1.54) is 24.3 Å². The van der Waals surface area contributed by atoms with Crippen molar-refractivity contribution >= 4 is 11.6 Å². The molecular formula is C21H20F2N4O2. The van der Waals surface area contributed by atoms with Gasteiger partial charge < -0.3 is 9.84 Å². The van der Waals surface area contributed by atoms with E-state index in [0.717, 1.165) is 19.3 Å². The summed E-state index contributed by atoms with van der Waals surface area (Å²) in [5, 5.41) is 6.68. The summed E-state index contributed by atoms with van der Waals surface area (Å²) >= 11 is 0. The average Bonchev–Trinajstić information content (AvgIpc) is 3.18. The second kappa shape index (κ2) is 8.48. The number of rotatable bonds is 5. The fraction of sp³-hybridized carbons (Fsp3) is 0.286. The standard InChI is InChI=1S/C21H20F2N4O2/c22-15-6-3-5-14(11-15)20-25-21(29-26-20)18-9-1-2-10-27(18)13-19(28)24-17-8-4-7-16(23)12-17/h3-8,11-12,18H,1-2,9-10,13H2,(H,24,28)/t18-/m0/s1. The van der Waals surface area contributed by atoms with Crippen LogP contribution in [0.3, 0.4) is 0 Å². The van der Waals surface area contributed by atoms with E-state index in [2.05, 4.69) is 15.5 Å².